The molecule has 1 fully saturated rings. The summed E-state index contributed by atoms with van der Waals surface area (Å²) in [6, 6.07) is 5.08. The number of amides is 2. The summed E-state index contributed by atoms with van der Waals surface area (Å²) >= 11 is 5.95. The quantitative estimate of drug-likeness (QED) is 0.841. The fraction of sp³-hybridized carbons (Fsp3) is 0.467. The van der Waals surface area contributed by atoms with E-state index in [1.807, 2.05) is 26.0 Å². The molecule has 0 aliphatic carbocycles. The lowest BCUT2D eigenvalue weighted by atomic mass is 10.1. The standard InChI is InChI=1S/C15H19ClN2O2/c1-4-14(19)17-7-8-18(15(20)11(17)3)13-6-5-12(16)9-10(13)2/h5-6,9,11H,4,7-8H2,1-3H3. The summed E-state index contributed by atoms with van der Waals surface area (Å²) in [5.41, 5.74) is 1.84. The molecule has 1 unspecified atom stereocenters. The zero-order valence-corrected chi connectivity index (χ0v) is 12.8. The molecule has 0 bridgehead atoms. The topological polar surface area (TPSA) is 40.6 Å². The van der Waals surface area contributed by atoms with Crippen LogP contribution in [-0.2, 0) is 9.59 Å². The molecule has 0 radical (unpaired) electrons. The fourth-order valence-electron chi connectivity index (χ4n) is 2.58. The second kappa shape index (κ2) is 5.83. The number of carbonyl (C=O) groups excluding carboxylic acids is 2. The molecule has 1 aliphatic rings. The summed E-state index contributed by atoms with van der Waals surface area (Å²) < 4.78 is 0. The minimum absolute atomic E-state index is 0.0262. The van der Waals surface area contributed by atoms with Crippen molar-refractivity contribution in [3.05, 3.63) is 28.8 Å². The average Bonchev–Trinajstić information content (AvgIpc) is 2.42. The van der Waals surface area contributed by atoms with Crippen molar-refractivity contribution in [2.24, 2.45) is 0 Å². The van der Waals surface area contributed by atoms with Crippen molar-refractivity contribution < 1.29 is 9.59 Å². The first-order valence-electron chi connectivity index (χ1n) is 6.82. The minimum atomic E-state index is -0.411. The monoisotopic (exact) mass is 294 g/mol. The molecule has 0 spiro atoms. The Kier molecular flexibility index (Phi) is 4.33. The molecule has 0 aromatic heterocycles. The van der Waals surface area contributed by atoms with E-state index in [1.54, 1.807) is 22.8 Å². The van der Waals surface area contributed by atoms with Crippen LogP contribution >= 0.6 is 11.6 Å². The van der Waals surface area contributed by atoms with E-state index in [2.05, 4.69) is 0 Å². The van der Waals surface area contributed by atoms with Gasteiger partial charge in [-0.05, 0) is 37.6 Å². The van der Waals surface area contributed by atoms with Gasteiger partial charge in [-0.2, -0.15) is 0 Å². The Hall–Kier alpha value is -1.55. The zero-order chi connectivity index (χ0) is 14.9. The molecule has 0 N–H and O–H groups in total. The van der Waals surface area contributed by atoms with Crippen molar-refractivity contribution in [2.45, 2.75) is 33.2 Å². The number of anilines is 1. The Labute approximate surface area is 124 Å². The summed E-state index contributed by atoms with van der Waals surface area (Å²) in [6.07, 6.45) is 0.428. The van der Waals surface area contributed by atoms with Crippen LogP contribution < -0.4 is 4.90 Å². The summed E-state index contributed by atoms with van der Waals surface area (Å²) in [6.45, 7) is 6.63. The Balaban J connectivity index is 2.24. The van der Waals surface area contributed by atoms with Gasteiger partial charge in [-0.1, -0.05) is 18.5 Å². The van der Waals surface area contributed by atoms with Crippen LogP contribution in [-0.4, -0.2) is 35.8 Å². The number of carbonyl (C=O) groups is 2. The Morgan fingerprint density at radius 3 is 2.70 bits per heavy atom. The predicted molar refractivity (Wildman–Crippen MR) is 80.0 cm³/mol. The molecule has 2 amide bonds. The maximum absolute atomic E-state index is 12.5. The van der Waals surface area contributed by atoms with E-state index >= 15 is 0 Å². The van der Waals surface area contributed by atoms with E-state index in [9.17, 15) is 9.59 Å². The Morgan fingerprint density at radius 1 is 1.40 bits per heavy atom. The number of nitrogens with zero attached hydrogens (tertiary/aromatic N) is 2. The number of hydrogen-bond donors (Lipinski definition) is 0. The van der Waals surface area contributed by atoms with E-state index in [0.717, 1.165) is 11.3 Å². The lowest BCUT2D eigenvalue weighted by Gasteiger charge is -2.39. The van der Waals surface area contributed by atoms with Gasteiger partial charge in [0.15, 0.2) is 0 Å². The van der Waals surface area contributed by atoms with Crippen LogP contribution in [0.1, 0.15) is 25.8 Å². The van der Waals surface area contributed by atoms with Gasteiger partial charge in [0.05, 0.1) is 0 Å². The smallest absolute Gasteiger partial charge is 0.249 e. The van der Waals surface area contributed by atoms with E-state index in [4.69, 9.17) is 11.6 Å². The zero-order valence-electron chi connectivity index (χ0n) is 12.0. The molecule has 1 heterocycles. The number of aryl methyl sites for hydroxylation is 1. The maximum Gasteiger partial charge on any atom is 0.249 e. The van der Waals surface area contributed by atoms with Crippen LogP contribution in [0.2, 0.25) is 5.02 Å². The Morgan fingerprint density at radius 2 is 2.10 bits per heavy atom. The van der Waals surface area contributed by atoms with Crippen molar-refractivity contribution in [1.29, 1.82) is 0 Å². The molecule has 5 heteroatoms. The molecular weight excluding hydrogens is 276 g/mol. The molecule has 1 saturated heterocycles. The molecule has 1 aliphatic heterocycles. The third kappa shape index (κ3) is 2.66. The lowest BCUT2D eigenvalue weighted by Crippen LogP contribution is -2.57. The van der Waals surface area contributed by atoms with Crippen LogP contribution in [0.5, 0.6) is 0 Å². The third-order valence-corrected chi connectivity index (χ3v) is 3.96. The molecule has 2 rings (SSSR count). The van der Waals surface area contributed by atoms with Crippen LogP contribution in [0.3, 0.4) is 0 Å². The number of piperazine rings is 1. The van der Waals surface area contributed by atoms with Crippen molar-refractivity contribution >= 4 is 29.1 Å². The van der Waals surface area contributed by atoms with Gasteiger partial charge in [-0.25, -0.2) is 0 Å². The van der Waals surface area contributed by atoms with Gasteiger partial charge in [0.2, 0.25) is 11.8 Å². The van der Waals surface area contributed by atoms with E-state index in [-0.39, 0.29) is 11.8 Å². The third-order valence-electron chi connectivity index (χ3n) is 3.73. The van der Waals surface area contributed by atoms with Gasteiger partial charge in [-0.3, -0.25) is 9.59 Å². The largest absolute Gasteiger partial charge is 0.329 e. The highest BCUT2D eigenvalue weighted by atomic mass is 35.5. The molecular formula is C15H19ClN2O2. The number of benzene rings is 1. The van der Waals surface area contributed by atoms with Crippen molar-refractivity contribution in [1.82, 2.24) is 4.90 Å². The van der Waals surface area contributed by atoms with Gasteiger partial charge >= 0.3 is 0 Å². The number of hydrogen-bond acceptors (Lipinski definition) is 2. The van der Waals surface area contributed by atoms with E-state index in [0.29, 0.717) is 24.5 Å². The first kappa shape index (κ1) is 14.9. The lowest BCUT2D eigenvalue weighted by molar-refractivity contribution is -0.140. The second-order valence-corrected chi connectivity index (χ2v) is 5.47. The van der Waals surface area contributed by atoms with Gasteiger partial charge < -0.3 is 9.80 Å². The first-order valence-corrected chi connectivity index (χ1v) is 7.20. The van der Waals surface area contributed by atoms with Crippen LogP contribution in [0.25, 0.3) is 0 Å². The molecule has 20 heavy (non-hydrogen) atoms. The predicted octanol–water partition coefficient (Wildman–Crippen LogP) is 2.62. The van der Waals surface area contributed by atoms with E-state index < -0.39 is 6.04 Å². The summed E-state index contributed by atoms with van der Waals surface area (Å²) in [5, 5.41) is 0.659. The van der Waals surface area contributed by atoms with Crippen LogP contribution in [0.15, 0.2) is 18.2 Å². The molecule has 1 aromatic carbocycles. The summed E-state index contributed by atoms with van der Waals surface area (Å²) in [7, 11) is 0. The summed E-state index contributed by atoms with van der Waals surface area (Å²) in [5.74, 6) is -0.0122. The highest BCUT2D eigenvalue weighted by molar-refractivity contribution is 6.30. The van der Waals surface area contributed by atoms with Gasteiger partial charge in [0.1, 0.15) is 6.04 Å². The number of rotatable bonds is 2. The minimum Gasteiger partial charge on any atom is -0.329 e. The van der Waals surface area contributed by atoms with Crippen molar-refractivity contribution in [2.75, 3.05) is 18.0 Å². The fourth-order valence-corrected chi connectivity index (χ4v) is 2.80. The van der Waals surface area contributed by atoms with Crippen molar-refractivity contribution in [3.8, 4) is 0 Å². The summed E-state index contributed by atoms with van der Waals surface area (Å²) in [4.78, 5) is 27.7. The highest BCUT2D eigenvalue weighted by Crippen LogP contribution is 2.26. The first-order chi connectivity index (χ1) is 9.45. The van der Waals surface area contributed by atoms with E-state index in [1.165, 1.54) is 0 Å². The Bertz CT molecular complexity index is 545. The van der Waals surface area contributed by atoms with Gasteiger partial charge in [-0.15, -0.1) is 0 Å². The molecule has 108 valence electrons. The van der Waals surface area contributed by atoms with Crippen LogP contribution in [0, 0.1) is 6.92 Å². The maximum atomic E-state index is 12.5. The van der Waals surface area contributed by atoms with Gasteiger partial charge in [0.25, 0.3) is 0 Å². The molecule has 1 atom stereocenters. The average molecular weight is 295 g/mol. The SMILES string of the molecule is CCC(=O)N1CCN(c2ccc(Cl)cc2C)C(=O)C1C. The van der Waals surface area contributed by atoms with Crippen LogP contribution in [0.4, 0.5) is 5.69 Å². The normalized spacial score (nSPS) is 19.4. The van der Waals surface area contributed by atoms with Gasteiger partial charge in [0, 0.05) is 30.2 Å². The highest BCUT2D eigenvalue weighted by Gasteiger charge is 2.34. The molecule has 1 aromatic rings. The second-order valence-electron chi connectivity index (χ2n) is 5.04. The van der Waals surface area contributed by atoms with Crippen molar-refractivity contribution in [3.63, 3.8) is 0 Å². The molecule has 4 nitrogen and oxygen atoms in total. The molecule has 0 saturated carbocycles. The number of halogens is 1.